The van der Waals surface area contributed by atoms with Crippen LogP contribution >= 0.6 is 12.2 Å². The van der Waals surface area contributed by atoms with Crippen LogP contribution in [-0.4, -0.2) is 34.6 Å². The maximum Gasteiger partial charge on any atom is 0.216 e. The molecule has 0 spiro atoms. The van der Waals surface area contributed by atoms with Gasteiger partial charge in [0.2, 0.25) is 11.8 Å². The summed E-state index contributed by atoms with van der Waals surface area (Å²) in [7, 11) is 1.57. The van der Waals surface area contributed by atoms with E-state index in [-0.39, 0.29) is 6.79 Å². The van der Waals surface area contributed by atoms with Crippen molar-refractivity contribution >= 4 is 33.9 Å². The first kappa shape index (κ1) is 13.0. The van der Waals surface area contributed by atoms with Gasteiger partial charge in [0.25, 0.3) is 0 Å². The van der Waals surface area contributed by atoms with E-state index in [1.165, 1.54) is 4.85 Å². The predicted molar refractivity (Wildman–Crippen MR) is 77.6 cm³/mol. The Morgan fingerprint density at radius 2 is 2.35 bits per heavy atom. The minimum atomic E-state index is 0.157. The minimum Gasteiger partial charge on any atom is -0.367 e. The molecule has 1 aromatic heterocycles. The molecule has 0 aliphatic carbocycles. The number of methoxy groups -OCH3 is 1. The highest BCUT2D eigenvalue weighted by molar-refractivity contribution is 7.80. The normalized spacial score (nSPS) is 14.4. The van der Waals surface area contributed by atoms with Crippen LogP contribution in [0.1, 0.15) is 12.0 Å². The summed E-state index contributed by atoms with van der Waals surface area (Å²) in [6.45, 7) is 0.157. The van der Waals surface area contributed by atoms with Crippen molar-refractivity contribution in [1.29, 1.82) is 0 Å². The molecule has 0 amide bonds. The molecule has 104 valence electrons. The van der Waals surface area contributed by atoms with E-state index in [9.17, 15) is 0 Å². The van der Waals surface area contributed by atoms with Gasteiger partial charge in [-0.25, -0.2) is 0 Å². The van der Waals surface area contributed by atoms with Gasteiger partial charge < -0.3 is 14.4 Å². The summed E-state index contributed by atoms with van der Waals surface area (Å²) in [6, 6.07) is 6.03. The average Bonchev–Trinajstić information content (AvgIpc) is 3.03. The van der Waals surface area contributed by atoms with Gasteiger partial charge in [-0.1, -0.05) is 16.1 Å². The highest BCUT2D eigenvalue weighted by Gasteiger charge is 2.15. The van der Waals surface area contributed by atoms with E-state index >= 15 is 0 Å². The largest absolute Gasteiger partial charge is 0.367 e. The maximum absolute atomic E-state index is 5.32. The fourth-order valence-corrected chi connectivity index (χ4v) is 2.25. The number of rotatable bonds is 5. The lowest BCUT2D eigenvalue weighted by atomic mass is 10.1. The van der Waals surface area contributed by atoms with Crippen LogP contribution in [0.5, 0.6) is 0 Å². The predicted octanol–water partition coefficient (Wildman–Crippen LogP) is 1.71. The Bertz CT molecular complexity index is 681. The first-order chi connectivity index (χ1) is 9.76. The minimum absolute atomic E-state index is 0.157. The number of oxime groups is 1. The van der Waals surface area contributed by atoms with E-state index in [2.05, 4.69) is 16.3 Å². The van der Waals surface area contributed by atoms with E-state index in [0.29, 0.717) is 11.5 Å². The lowest BCUT2D eigenvalue weighted by Gasteiger charge is -2.05. The van der Waals surface area contributed by atoms with Crippen LogP contribution in [0.15, 0.2) is 29.6 Å². The van der Waals surface area contributed by atoms with Gasteiger partial charge in [-0.2, -0.15) is 0 Å². The van der Waals surface area contributed by atoms with E-state index in [1.54, 1.807) is 13.3 Å². The molecule has 0 saturated heterocycles. The highest BCUT2D eigenvalue weighted by atomic mass is 32.1. The van der Waals surface area contributed by atoms with Gasteiger partial charge >= 0.3 is 0 Å². The summed E-state index contributed by atoms with van der Waals surface area (Å²) >= 11 is 4.95. The van der Waals surface area contributed by atoms with Crippen molar-refractivity contribution in [3.05, 3.63) is 30.0 Å². The Kier molecular flexibility index (Phi) is 3.62. The summed E-state index contributed by atoms with van der Waals surface area (Å²) in [6.07, 6.45) is 3.11. The summed E-state index contributed by atoms with van der Waals surface area (Å²) in [4.78, 5) is 11.7. The average molecular weight is 291 g/mol. The Balaban J connectivity index is 1.79. The molecule has 0 N–H and O–H groups in total. The third-order valence-corrected chi connectivity index (χ3v) is 3.14. The van der Waals surface area contributed by atoms with Crippen LogP contribution in [0.4, 0.5) is 0 Å². The van der Waals surface area contributed by atoms with Crippen LogP contribution in [0.25, 0.3) is 10.9 Å². The van der Waals surface area contributed by atoms with Crippen molar-refractivity contribution in [3.8, 4) is 0 Å². The van der Waals surface area contributed by atoms with E-state index in [4.69, 9.17) is 26.6 Å². The van der Waals surface area contributed by atoms with Gasteiger partial charge in [-0.3, -0.25) is 0 Å². The molecular formula is C13H13N3O3S. The Morgan fingerprint density at radius 3 is 3.10 bits per heavy atom. The maximum atomic E-state index is 5.32. The lowest BCUT2D eigenvalue weighted by molar-refractivity contribution is -0.0464. The lowest BCUT2D eigenvalue weighted by Crippen LogP contribution is -2.14. The molecule has 0 fully saturated rings. The summed E-state index contributed by atoms with van der Waals surface area (Å²) in [5, 5.41) is 9.64. The molecule has 0 saturated carbocycles. The molecule has 0 bridgehead atoms. The summed E-state index contributed by atoms with van der Waals surface area (Å²) in [5.41, 5.74) is 2.97. The van der Waals surface area contributed by atoms with Crippen molar-refractivity contribution in [3.63, 3.8) is 0 Å². The zero-order valence-corrected chi connectivity index (χ0v) is 11.7. The standard InChI is InChI=1S/C13H13N3O3S/c1-17-8-18-16-12-3-2-9(4-10(12)7-14-16)5-11-6-13(20)19-15-11/h2-4,7H,5-6,8H2,1H3. The number of hydrogen-bond acceptors (Lipinski definition) is 6. The number of benzene rings is 1. The summed E-state index contributed by atoms with van der Waals surface area (Å²) in [5.74, 6) is 0. The van der Waals surface area contributed by atoms with Crippen LogP contribution in [0, 0.1) is 0 Å². The SMILES string of the molecule is COCOn1ncc2cc(CC3=NOC(=S)C3)ccc21. The van der Waals surface area contributed by atoms with Crippen molar-refractivity contribution in [2.24, 2.45) is 5.16 Å². The topological polar surface area (TPSA) is 57.9 Å². The van der Waals surface area contributed by atoms with Crippen LogP contribution < -0.4 is 4.84 Å². The zero-order valence-electron chi connectivity index (χ0n) is 10.9. The van der Waals surface area contributed by atoms with Gasteiger partial charge in [0.05, 0.1) is 18.3 Å². The quantitative estimate of drug-likeness (QED) is 0.620. The van der Waals surface area contributed by atoms with E-state index < -0.39 is 0 Å². The monoisotopic (exact) mass is 291 g/mol. The van der Waals surface area contributed by atoms with Crippen LogP contribution in [-0.2, 0) is 16.0 Å². The molecule has 0 unspecified atom stereocenters. The molecule has 1 aliphatic heterocycles. The fourth-order valence-electron chi connectivity index (χ4n) is 2.05. The van der Waals surface area contributed by atoms with Crippen LogP contribution in [0.3, 0.4) is 0 Å². The number of fused-ring (bicyclic) bond motifs is 1. The molecule has 7 heteroatoms. The number of nitrogens with zero attached hydrogens (tertiary/aromatic N) is 3. The Labute approximate surface area is 120 Å². The number of thiocarbonyl (C=S) groups is 1. The van der Waals surface area contributed by atoms with Crippen molar-refractivity contribution < 1.29 is 14.4 Å². The second kappa shape index (κ2) is 5.56. The number of aromatic nitrogens is 2. The van der Waals surface area contributed by atoms with Gasteiger partial charge in [-0.15, -0.1) is 5.10 Å². The molecule has 1 aliphatic rings. The van der Waals surface area contributed by atoms with Crippen molar-refractivity contribution in [1.82, 2.24) is 9.94 Å². The van der Waals surface area contributed by atoms with Gasteiger partial charge in [0.1, 0.15) is 5.52 Å². The first-order valence-electron chi connectivity index (χ1n) is 6.11. The molecule has 6 nitrogen and oxygen atoms in total. The third kappa shape index (κ3) is 2.63. The van der Waals surface area contributed by atoms with Gasteiger partial charge in [0, 0.05) is 18.9 Å². The molecule has 2 heterocycles. The molecule has 20 heavy (non-hydrogen) atoms. The molecule has 0 radical (unpaired) electrons. The zero-order chi connectivity index (χ0) is 13.9. The molecule has 2 aromatic rings. The molecular weight excluding hydrogens is 278 g/mol. The number of hydrogen-bond donors (Lipinski definition) is 0. The molecule has 1 aromatic carbocycles. The highest BCUT2D eigenvalue weighted by Crippen LogP contribution is 2.17. The van der Waals surface area contributed by atoms with Gasteiger partial charge in [-0.05, 0) is 29.9 Å². The van der Waals surface area contributed by atoms with Crippen molar-refractivity contribution in [2.45, 2.75) is 12.8 Å². The first-order valence-corrected chi connectivity index (χ1v) is 6.51. The smallest absolute Gasteiger partial charge is 0.216 e. The Morgan fingerprint density at radius 1 is 1.45 bits per heavy atom. The van der Waals surface area contributed by atoms with E-state index in [1.807, 2.05) is 12.1 Å². The van der Waals surface area contributed by atoms with Crippen LogP contribution in [0.2, 0.25) is 0 Å². The third-order valence-electron chi connectivity index (χ3n) is 2.93. The second-order valence-electron chi connectivity index (χ2n) is 4.42. The van der Waals surface area contributed by atoms with Crippen molar-refractivity contribution in [2.75, 3.05) is 13.9 Å². The second-order valence-corrected chi connectivity index (χ2v) is 4.88. The number of ether oxygens (including phenoxy) is 1. The Hall–Kier alpha value is -1.99. The molecule has 0 atom stereocenters. The fraction of sp³-hybridized carbons (Fsp3) is 0.308. The van der Waals surface area contributed by atoms with Gasteiger partial charge in [0.15, 0.2) is 0 Å². The van der Waals surface area contributed by atoms with E-state index in [0.717, 1.165) is 28.6 Å². The molecule has 3 rings (SSSR count). The summed E-state index contributed by atoms with van der Waals surface area (Å²) < 4.78 is 4.86.